The summed E-state index contributed by atoms with van der Waals surface area (Å²) in [6, 6.07) is 11.2. The molecule has 8 nitrogen and oxygen atoms in total. The first-order valence-electron chi connectivity index (χ1n) is 13.6. The van der Waals surface area contributed by atoms with Crippen molar-refractivity contribution in [3.05, 3.63) is 54.3 Å². The Bertz CT molecular complexity index is 1170. The Morgan fingerprint density at radius 2 is 1.67 bits per heavy atom. The van der Waals surface area contributed by atoms with Crippen LogP contribution in [0.5, 0.6) is 5.75 Å². The topological polar surface area (TPSA) is 108 Å². The molecule has 0 radical (unpaired) electrons. The van der Waals surface area contributed by atoms with Gasteiger partial charge >= 0.3 is 0 Å². The van der Waals surface area contributed by atoms with E-state index in [4.69, 9.17) is 4.84 Å². The minimum absolute atomic E-state index is 0.0138. The van der Waals surface area contributed by atoms with Crippen LogP contribution >= 0.6 is 0 Å². The van der Waals surface area contributed by atoms with Crippen molar-refractivity contribution in [2.75, 3.05) is 6.54 Å². The van der Waals surface area contributed by atoms with Crippen LogP contribution in [0.3, 0.4) is 0 Å². The van der Waals surface area contributed by atoms with Crippen molar-refractivity contribution in [3.63, 3.8) is 0 Å². The Morgan fingerprint density at radius 3 is 2.31 bits per heavy atom. The van der Waals surface area contributed by atoms with Crippen LogP contribution in [0.4, 0.5) is 4.39 Å². The van der Waals surface area contributed by atoms with Crippen molar-refractivity contribution in [1.82, 2.24) is 15.7 Å². The van der Waals surface area contributed by atoms with E-state index in [9.17, 15) is 23.9 Å². The number of aliphatic hydroxyl groups is 1. The molecule has 0 bridgehead atoms. The van der Waals surface area contributed by atoms with Crippen LogP contribution in [-0.4, -0.2) is 52.5 Å². The molecule has 1 heterocycles. The second kappa shape index (κ2) is 12.2. The van der Waals surface area contributed by atoms with E-state index in [1.54, 1.807) is 42.5 Å². The minimum atomic E-state index is -0.957. The standard InChI is InChI=1S/C30H38FN3O5/c1-30(2,3)26(32-27(36)20-9-5-4-6-10-20)29(38)34-18-21(35)17-25(34)28(37)33-39-22-15-13-19(14-16-22)23-11-7-8-12-24(23)31/h7-8,11-16,20-21,25-26,35H,4-6,9-10,17-18H2,1-3H3,(H,32,36)(H,33,37)/t21-,25+,26-/m1/s1. The number of amides is 3. The van der Waals surface area contributed by atoms with Gasteiger partial charge in [0.15, 0.2) is 5.75 Å². The largest absolute Gasteiger partial charge is 0.391 e. The molecule has 0 aromatic heterocycles. The number of benzene rings is 2. The monoisotopic (exact) mass is 539 g/mol. The van der Waals surface area contributed by atoms with E-state index in [0.717, 1.165) is 32.1 Å². The Morgan fingerprint density at radius 1 is 1.00 bits per heavy atom. The van der Waals surface area contributed by atoms with E-state index >= 15 is 0 Å². The number of hydrogen-bond acceptors (Lipinski definition) is 5. The smallest absolute Gasteiger partial charge is 0.275 e. The second-order valence-corrected chi connectivity index (χ2v) is 11.6. The number of nitrogens with one attached hydrogen (secondary N) is 2. The van der Waals surface area contributed by atoms with Crippen LogP contribution in [0.15, 0.2) is 48.5 Å². The number of aliphatic hydroxyl groups excluding tert-OH is 1. The summed E-state index contributed by atoms with van der Waals surface area (Å²) in [5, 5.41) is 13.3. The van der Waals surface area contributed by atoms with Gasteiger partial charge in [-0.05, 0) is 42.0 Å². The molecule has 4 rings (SSSR count). The fourth-order valence-electron chi connectivity index (χ4n) is 5.32. The lowest BCUT2D eigenvalue weighted by molar-refractivity contribution is -0.146. The maximum atomic E-state index is 14.1. The third-order valence-electron chi connectivity index (χ3n) is 7.55. The summed E-state index contributed by atoms with van der Waals surface area (Å²) in [5.74, 6) is -1.25. The molecule has 1 saturated carbocycles. The zero-order chi connectivity index (χ0) is 28.2. The molecule has 3 amide bonds. The van der Waals surface area contributed by atoms with Crippen molar-refractivity contribution in [2.24, 2.45) is 11.3 Å². The number of rotatable bonds is 7. The number of hydrogen-bond donors (Lipinski definition) is 3. The van der Waals surface area contributed by atoms with Crippen molar-refractivity contribution in [1.29, 1.82) is 0 Å². The molecule has 2 fully saturated rings. The Hall–Kier alpha value is -3.46. The van der Waals surface area contributed by atoms with E-state index in [1.807, 2.05) is 20.8 Å². The molecule has 1 aliphatic heterocycles. The first-order valence-corrected chi connectivity index (χ1v) is 13.6. The zero-order valence-corrected chi connectivity index (χ0v) is 22.8. The van der Waals surface area contributed by atoms with Crippen LogP contribution < -0.4 is 15.6 Å². The maximum Gasteiger partial charge on any atom is 0.275 e. The molecular weight excluding hydrogens is 501 g/mol. The number of halogens is 1. The van der Waals surface area contributed by atoms with Crippen molar-refractivity contribution in [3.8, 4) is 16.9 Å². The molecule has 39 heavy (non-hydrogen) atoms. The molecular formula is C30H38FN3O5. The van der Waals surface area contributed by atoms with Gasteiger partial charge in [0.25, 0.3) is 5.91 Å². The predicted molar refractivity (Wildman–Crippen MR) is 145 cm³/mol. The number of nitrogens with zero attached hydrogens (tertiary/aromatic N) is 1. The molecule has 0 unspecified atom stereocenters. The van der Waals surface area contributed by atoms with Crippen molar-refractivity contribution in [2.45, 2.75) is 77.5 Å². The molecule has 2 aliphatic rings. The minimum Gasteiger partial charge on any atom is -0.391 e. The van der Waals surface area contributed by atoms with Crippen LogP contribution in [-0.2, 0) is 14.4 Å². The lowest BCUT2D eigenvalue weighted by atomic mass is 9.83. The van der Waals surface area contributed by atoms with Crippen LogP contribution in [0.25, 0.3) is 11.1 Å². The van der Waals surface area contributed by atoms with Crippen LogP contribution in [0.2, 0.25) is 0 Å². The highest BCUT2D eigenvalue weighted by Crippen LogP contribution is 2.29. The van der Waals surface area contributed by atoms with Gasteiger partial charge in [0, 0.05) is 24.4 Å². The summed E-state index contributed by atoms with van der Waals surface area (Å²) in [5.41, 5.74) is 2.89. The molecule has 2 aromatic carbocycles. The lowest BCUT2D eigenvalue weighted by Gasteiger charge is -2.36. The van der Waals surface area contributed by atoms with Gasteiger partial charge in [-0.25, -0.2) is 4.39 Å². The fraction of sp³-hybridized carbons (Fsp3) is 0.500. The zero-order valence-electron chi connectivity index (χ0n) is 22.8. The van der Waals surface area contributed by atoms with Crippen LogP contribution in [0.1, 0.15) is 59.3 Å². The first-order chi connectivity index (χ1) is 18.5. The summed E-state index contributed by atoms with van der Waals surface area (Å²) >= 11 is 0. The Kier molecular flexibility index (Phi) is 8.90. The third-order valence-corrected chi connectivity index (χ3v) is 7.55. The maximum absolute atomic E-state index is 14.1. The average molecular weight is 540 g/mol. The molecule has 9 heteroatoms. The first kappa shape index (κ1) is 28.5. The van der Waals surface area contributed by atoms with E-state index < -0.39 is 35.4 Å². The number of hydroxylamine groups is 1. The average Bonchev–Trinajstić information content (AvgIpc) is 3.32. The number of carbonyl (C=O) groups excluding carboxylic acids is 3. The normalized spacial score (nSPS) is 20.8. The van der Waals surface area contributed by atoms with Gasteiger partial charge in [0.1, 0.15) is 17.9 Å². The molecule has 2 aromatic rings. The van der Waals surface area contributed by atoms with Gasteiger partial charge in [-0.15, -0.1) is 0 Å². The Balaban J connectivity index is 1.41. The molecule has 3 N–H and O–H groups in total. The molecule has 3 atom stereocenters. The molecule has 1 aliphatic carbocycles. The molecule has 210 valence electrons. The van der Waals surface area contributed by atoms with Crippen molar-refractivity contribution >= 4 is 17.7 Å². The SMILES string of the molecule is CC(C)(C)[C@H](NC(=O)C1CCCCC1)C(=O)N1C[C@H](O)C[C@H]1C(=O)NOc1ccc(-c2ccccc2F)cc1. The van der Waals surface area contributed by atoms with Gasteiger partial charge in [-0.1, -0.05) is 70.4 Å². The summed E-state index contributed by atoms with van der Waals surface area (Å²) in [6.45, 7) is 5.59. The van der Waals surface area contributed by atoms with Gasteiger partial charge in [-0.2, -0.15) is 5.48 Å². The highest BCUT2D eigenvalue weighted by Gasteiger charge is 2.45. The summed E-state index contributed by atoms with van der Waals surface area (Å²) < 4.78 is 14.1. The highest BCUT2D eigenvalue weighted by atomic mass is 19.1. The third kappa shape index (κ3) is 6.95. The van der Waals surface area contributed by atoms with Gasteiger partial charge < -0.3 is 20.2 Å². The Labute approximate surface area is 228 Å². The van der Waals surface area contributed by atoms with Gasteiger partial charge in [0.05, 0.1) is 6.10 Å². The van der Waals surface area contributed by atoms with E-state index in [1.165, 1.54) is 11.0 Å². The summed E-state index contributed by atoms with van der Waals surface area (Å²) in [6.07, 6.45) is 3.91. The highest BCUT2D eigenvalue weighted by molar-refractivity contribution is 5.93. The summed E-state index contributed by atoms with van der Waals surface area (Å²) in [7, 11) is 0. The quantitative estimate of drug-likeness (QED) is 0.462. The second-order valence-electron chi connectivity index (χ2n) is 11.6. The number of likely N-dealkylation sites (tertiary alicyclic amines) is 1. The van der Waals surface area contributed by atoms with Gasteiger partial charge in [0.2, 0.25) is 11.8 Å². The van der Waals surface area contributed by atoms with E-state index in [2.05, 4.69) is 10.8 Å². The molecule has 1 saturated heterocycles. The van der Waals surface area contributed by atoms with E-state index in [-0.39, 0.29) is 30.6 Å². The van der Waals surface area contributed by atoms with Gasteiger partial charge in [-0.3, -0.25) is 14.4 Å². The van der Waals surface area contributed by atoms with E-state index in [0.29, 0.717) is 16.9 Å². The van der Waals surface area contributed by atoms with Crippen LogP contribution in [0, 0.1) is 17.2 Å². The molecule has 0 spiro atoms. The van der Waals surface area contributed by atoms with Crippen molar-refractivity contribution < 1.29 is 28.7 Å². The number of β-amino-alcohol motifs (C(OH)–C–C–N with tert-alkyl or cyclic N) is 1. The number of carbonyl (C=O) groups is 3. The lowest BCUT2D eigenvalue weighted by Crippen LogP contribution is -2.58. The summed E-state index contributed by atoms with van der Waals surface area (Å²) in [4.78, 5) is 46.6. The predicted octanol–water partition coefficient (Wildman–Crippen LogP) is 3.98. The fourth-order valence-corrected chi connectivity index (χ4v) is 5.32.